The first kappa shape index (κ1) is 19.2. The smallest absolute Gasteiger partial charge is 0.162 e. The van der Waals surface area contributed by atoms with Crippen LogP contribution >= 0.6 is 11.6 Å². The Morgan fingerprint density at radius 3 is 2.57 bits per heavy atom. The summed E-state index contributed by atoms with van der Waals surface area (Å²) in [5, 5.41) is 15.2. The first-order chi connectivity index (χ1) is 13.5. The molecule has 0 amide bonds. The van der Waals surface area contributed by atoms with Crippen LogP contribution in [-0.4, -0.2) is 48.6 Å². The number of phenols is 1. The predicted molar refractivity (Wildman–Crippen MR) is 113 cm³/mol. The number of nitrogens with zero attached hydrogens (tertiary/aromatic N) is 2. The maximum atomic E-state index is 10.7. The van der Waals surface area contributed by atoms with E-state index in [1.807, 2.05) is 36.4 Å². The van der Waals surface area contributed by atoms with Crippen molar-refractivity contribution in [2.75, 3.05) is 27.2 Å². The summed E-state index contributed by atoms with van der Waals surface area (Å²) in [5.74, 6) is 0.690. The molecular formula is C22H26ClN3O2. The van der Waals surface area contributed by atoms with E-state index in [1.54, 1.807) is 13.2 Å². The lowest BCUT2D eigenvalue weighted by Crippen LogP contribution is -2.55. The lowest BCUT2D eigenvalue weighted by atomic mass is 9.87. The van der Waals surface area contributed by atoms with Crippen molar-refractivity contribution in [3.63, 3.8) is 0 Å². The van der Waals surface area contributed by atoms with Crippen molar-refractivity contribution in [1.29, 1.82) is 0 Å². The molecule has 28 heavy (non-hydrogen) atoms. The maximum absolute atomic E-state index is 10.7. The molecular weight excluding hydrogens is 374 g/mol. The Morgan fingerprint density at radius 1 is 1.18 bits per heavy atom. The van der Waals surface area contributed by atoms with Gasteiger partial charge in [-0.05, 0) is 43.7 Å². The number of likely N-dealkylation sites (tertiary alicyclic amines) is 1. The molecule has 2 aromatic carbocycles. The zero-order chi connectivity index (χ0) is 19.7. The van der Waals surface area contributed by atoms with Crippen LogP contribution in [0, 0.1) is 0 Å². The third kappa shape index (κ3) is 3.75. The number of hydrogen-bond acceptors (Lipinski definition) is 5. The van der Waals surface area contributed by atoms with Gasteiger partial charge in [0, 0.05) is 41.8 Å². The normalized spacial score (nSPS) is 22.1. The first-order valence-corrected chi connectivity index (χ1v) is 10.0. The van der Waals surface area contributed by atoms with Crippen LogP contribution in [-0.2, 0) is 0 Å². The minimum Gasteiger partial charge on any atom is -0.504 e. The Hall–Kier alpha value is -2.08. The number of ether oxygens (including phenoxy) is 1. The Kier molecular flexibility index (Phi) is 5.32. The summed E-state index contributed by atoms with van der Waals surface area (Å²) >= 11 is 6.08. The van der Waals surface area contributed by atoms with Gasteiger partial charge in [-0.3, -0.25) is 10.3 Å². The van der Waals surface area contributed by atoms with E-state index in [-0.39, 0.29) is 17.5 Å². The summed E-state index contributed by atoms with van der Waals surface area (Å²) in [6.45, 7) is 1.97. The molecule has 1 fully saturated rings. The van der Waals surface area contributed by atoms with E-state index in [4.69, 9.17) is 21.3 Å². The number of aliphatic imine (C=N–C) groups is 1. The fourth-order valence-electron chi connectivity index (χ4n) is 4.15. The molecule has 5 nitrogen and oxygen atoms in total. The van der Waals surface area contributed by atoms with E-state index < -0.39 is 0 Å². The number of para-hydroxylation sites is 1. The number of hydrogen-bond donors (Lipinski definition) is 2. The molecule has 2 aromatic rings. The van der Waals surface area contributed by atoms with Crippen molar-refractivity contribution < 1.29 is 9.84 Å². The second kappa shape index (κ2) is 7.74. The van der Waals surface area contributed by atoms with Crippen molar-refractivity contribution >= 4 is 17.3 Å². The monoisotopic (exact) mass is 399 g/mol. The highest BCUT2D eigenvalue weighted by atomic mass is 35.5. The standard InChI is InChI=1S/C22H26ClN3O2/c1-26-12-10-22(11-13-26)24-18(15-6-8-16(23)9-7-15)14-19(25-22)17-4-3-5-20(28-2)21(17)27/h3-9,19,25,27H,10-14H2,1-2H3/t19-/m1/s1. The van der Waals surface area contributed by atoms with E-state index in [1.165, 1.54) is 0 Å². The molecule has 2 aliphatic rings. The predicted octanol–water partition coefficient (Wildman–Crippen LogP) is 4.00. The number of phenolic OH excluding ortho intramolecular Hbond substituents is 1. The third-order valence-electron chi connectivity index (χ3n) is 5.81. The van der Waals surface area contributed by atoms with Crippen LogP contribution in [0.4, 0.5) is 0 Å². The molecule has 6 heteroatoms. The molecule has 0 radical (unpaired) electrons. The minimum atomic E-state index is -0.320. The molecule has 148 valence electrons. The molecule has 0 aromatic heterocycles. The number of halogens is 1. The van der Waals surface area contributed by atoms with Crippen LogP contribution in [0.3, 0.4) is 0 Å². The van der Waals surface area contributed by atoms with Gasteiger partial charge in [0.2, 0.25) is 0 Å². The zero-order valence-electron chi connectivity index (χ0n) is 16.3. The van der Waals surface area contributed by atoms with E-state index in [0.29, 0.717) is 17.2 Å². The fourth-order valence-corrected chi connectivity index (χ4v) is 4.27. The van der Waals surface area contributed by atoms with Crippen molar-refractivity contribution in [2.24, 2.45) is 4.99 Å². The van der Waals surface area contributed by atoms with Gasteiger partial charge in [-0.2, -0.15) is 0 Å². The van der Waals surface area contributed by atoms with Gasteiger partial charge in [0.15, 0.2) is 11.5 Å². The maximum Gasteiger partial charge on any atom is 0.162 e. The Balaban J connectivity index is 1.74. The molecule has 4 rings (SSSR count). The van der Waals surface area contributed by atoms with Crippen LogP contribution in [0.2, 0.25) is 5.02 Å². The molecule has 2 heterocycles. The SMILES string of the molecule is COc1cccc([C@H]2CC(c3ccc(Cl)cc3)=NC3(CCN(C)CC3)N2)c1O. The summed E-state index contributed by atoms with van der Waals surface area (Å²) in [6.07, 6.45) is 2.56. The lowest BCUT2D eigenvalue weighted by molar-refractivity contribution is 0.144. The number of piperidine rings is 1. The number of nitrogens with one attached hydrogen (secondary N) is 1. The topological polar surface area (TPSA) is 57.1 Å². The van der Waals surface area contributed by atoms with E-state index >= 15 is 0 Å². The molecule has 2 aliphatic heterocycles. The lowest BCUT2D eigenvalue weighted by Gasteiger charge is -2.44. The number of methoxy groups -OCH3 is 1. The Labute approximate surface area is 171 Å². The fraction of sp³-hybridized carbons (Fsp3) is 0.409. The summed E-state index contributed by atoms with van der Waals surface area (Å²) in [6, 6.07) is 13.5. The van der Waals surface area contributed by atoms with Crippen LogP contribution in [0.1, 0.15) is 36.4 Å². The first-order valence-electron chi connectivity index (χ1n) is 9.66. The van der Waals surface area contributed by atoms with Gasteiger partial charge in [-0.1, -0.05) is 35.9 Å². The molecule has 1 atom stereocenters. The largest absolute Gasteiger partial charge is 0.504 e. The average Bonchev–Trinajstić information content (AvgIpc) is 2.71. The van der Waals surface area contributed by atoms with Gasteiger partial charge in [0.1, 0.15) is 5.66 Å². The van der Waals surface area contributed by atoms with Crippen LogP contribution < -0.4 is 10.1 Å². The van der Waals surface area contributed by atoms with Crippen LogP contribution in [0.5, 0.6) is 11.5 Å². The summed E-state index contributed by atoms with van der Waals surface area (Å²) in [4.78, 5) is 7.51. The van der Waals surface area contributed by atoms with E-state index in [0.717, 1.165) is 42.8 Å². The number of rotatable bonds is 3. The molecule has 0 saturated carbocycles. The molecule has 1 spiro atoms. The van der Waals surface area contributed by atoms with E-state index in [9.17, 15) is 5.11 Å². The molecule has 0 aliphatic carbocycles. The average molecular weight is 400 g/mol. The van der Waals surface area contributed by atoms with Gasteiger partial charge in [0.25, 0.3) is 0 Å². The van der Waals surface area contributed by atoms with Gasteiger partial charge in [0.05, 0.1) is 7.11 Å². The van der Waals surface area contributed by atoms with Crippen molar-refractivity contribution in [1.82, 2.24) is 10.2 Å². The molecule has 0 unspecified atom stereocenters. The van der Waals surface area contributed by atoms with Gasteiger partial charge in [-0.25, -0.2) is 0 Å². The highest BCUT2D eigenvalue weighted by Crippen LogP contribution is 2.40. The molecule has 2 N–H and O–H groups in total. The van der Waals surface area contributed by atoms with Crippen molar-refractivity contribution in [2.45, 2.75) is 31.0 Å². The Morgan fingerprint density at radius 2 is 1.89 bits per heavy atom. The molecule has 1 saturated heterocycles. The minimum absolute atomic E-state index is 0.0401. The van der Waals surface area contributed by atoms with Gasteiger partial charge in [-0.15, -0.1) is 0 Å². The van der Waals surface area contributed by atoms with Gasteiger partial charge < -0.3 is 14.7 Å². The quantitative estimate of drug-likeness (QED) is 0.819. The second-order valence-electron chi connectivity index (χ2n) is 7.70. The zero-order valence-corrected chi connectivity index (χ0v) is 17.0. The van der Waals surface area contributed by atoms with E-state index in [2.05, 4.69) is 17.3 Å². The summed E-state index contributed by atoms with van der Waals surface area (Å²) in [5.41, 5.74) is 2.66. The number of aromatic hydroxyl groups is 1. The highest BCUT2D eigenvalue weighted by Gasteiger charge is 2.40. The Bertz CT molecular complexity index is 874. The summed E-state index contributed by atoms with van der Waals surface area (Å²) < 4.78 is 5.32. The van der Waals surface area contributed by atoms with Crippen LogP contribution in [0.15, 0.2) is 47.5 Å². The third-order valence-corrected chi connectivity index (χ3v) is 6.06. The summed E-state index contributed by atoms with van der Waals surface area (Å²) in [7, 11) is 3.72. The number of benzene rings is 2. The highest BCUT2D eigenvalue weighted by molar-refractivity contribution is 6.30. The van der Waals surface area contributed by atoms with Gasteiger partial charge >= 0.3 is 0 Å². The van der Waals surface area contributed by atoms with Crippen molar-refractivity contribution in [3.05, 3.63) is 58.6 Å². The second-order valence-corrected chi connectivity index (χ2v) is 8.14. The van der Waals surface area contributed by atoms with Crippen molar-refractivity contribution in [3.8, 4) is 11.5 Å². The van der Waals surface area contributed by atoms with Crippen LogP contribution in [0.25, 0.3) is 0 Å². The molecule has 0 bridgehead atoms.